The van der Waals surface area contributed by atoms with Crippen molar-refractivity contribution in [3.8, 4) is 0 Å². The Morgan fingerprint density at radius 1 is 0.952 bits per heavy atom. The summed E-state index contributed by atoms with van der Waals surface area (Å²) >= 11 is 5.70. The van der Waals surface area contributed by atoms with Gasteiger partial charge in [0.25, 0.3) is 0 Å². The van der Waals surface area contributed by atoms with Crippen LogP contribution in [0.25, 0.3) is 0 Å². The molecule has 1 aliphatic heterocycles. The maximum Gasteiger partial charge on any atom is 0.303 e. The zero-order valence-electron chi connectivity index (χ0n) is 11.8. The quantitative estimate of drug-likeness (QED) is 0.428. The van der Waals surface area contributed by atoms with Crippen LogP contribution in [0.2, 0.25) is 0 Å². The fourth-order valence-corrected chi connectivity index (χ4v) is 2.24. The second-order valence-electron chi connectivity index (χ2n) is 4.44. The molecular weight excluding hydrogens is 308 g/mol. The van der Waals surface area contributed by atoms with Crippen molar-refractivity contribution >= 4 is 29.5 Å². The van der Waals surface area contributed by atoms with E-state index in [-0.39, 0.29) is 5.88 Å². The highest BCUT2D eigenvalue weighted by atomic mass is 35.5. The number of aliphatic hydroxyl groups excluding tert-OH is 1. The van der Waals surface area contributed by atoms with Crippen LogP contribution in [-0.4, -0.2) is 59.6 Å². The van der Waals surface area contributed by atoms with E-state index < -0.39 is 48.6 Å². The average molecular weight is 325 g/mol. The predicted molar refractivity (Wildman–Crippen MR) is 68.3 cm³/mol. The highest BCUT2D eigenvalue weighted by Gasteiger charge is 2.51. The van der Waals surface area contributed by atoms with Gasteiger partial charge >= 0.3 is 17.9 Å². The van der Waals surface area contributed by atoms with Crippen LogP contribution in [0.5, 0.6) is 0 Å². The van der Waals surface area contributed by atoms with Gasteiger partial charge < -0.3 is 24.1 Å². The van der Waals surface area contributed by atoms with E-state index in [9.17, 15) is 19.5 Å². The standard InChI is InChI=1S/C12H17ClO8/c1-5(14)18-9-8(4-13)21-12(17)11(20-7(3)16)10(9)19-6(2)15/h8-12,17H,4H2,1-3H3/t8-,9-,10+,11-,12+/m1/s1. The molecule has 0 unspecified atom stereocenters. The zero-order chi connectivity index (χ0) is 16.2. The molecule has 1 aliphatic rings. The van der Waals surface area contributed by atoms with Crippen LogP contribution >= 0.6 is 11.6 Å². The molecular formula is C12H17ClO8. The normalized spacial score (nSPS) is 32.1. The Morgan fingerprint density at radius 2 is 1.38 bits per heavy atom. The number of rotatable bonds is 4. The second-order valence-corrected chi connectivity index (χ2v) is 4.75. The van der Waals surface area contributed by atoms with Gasteiger partial charge in [-0.15, -0.1) is 11.6 Å². The molecule has 0 bridgehead atoms. The zero-order valence-corrected chi connectivity index (χ0v) is 12.5. The molecule has 0 amide bonds. The van der Waals surface area contributed by atoms with Crippen molar-refractivity contribution in [2.45, 2.75) is 51.5 Å². The van der Waals surface area contributed by atoms with Gasteiger partial charge in [-0.05, 0) is 0 Å². The SMILES string of the molecule is CC(=O)O[C@@H]1[C@@H](OC(C)=O)[C@@H](O)O[C@H](CCl)[C@H]1OC(C)=O. The first-order valence-corrected chi connectivity index (χ1v) is 6.70. The Labute approximate surface area is 126 Å². The molecule has 1 rings (SSSR count). The van der Waals surface area contributed by atoms with Crippen LogP contribution < -0.4 is 0 Å². The fourth-order valence-electron chi connectivity index (χ4n) is 2.00. The van der Waals surface area contributed by atoms with E-state index in [0.29, 0.717) is 0 Å². The number of hydrogen-bond acceptors (Lipinski definition) is 8. The lowest BCUT2D eigenvalue weighted by Gasteiger charge is -2.42. The van der Waals surface area contributed by atoms with Crippen LogP contribution in [0, 0.1) is 0 Å². The lowest BCUT2D eigenvalue weighted by molar-refractivity contribution is -0.287. The number of hydrogen-bond donors (Lipinski definition) is 1. The molecule has 1 heterocycles. The average Bonchev–Trinajstić information content (AvgIpc) is 2.35. The van der Waals surface area contributed by atoms with E-state index in [2.05, 4.69) is 0 Å². The van der Waals surface area contributed by atoms with Gasteiger partial charge in [0.1, 0.15) is 6.10 Å². The first-order valence-electron chi connectivity index (χ1n) is 6.17. The van der Waals surface area contributed by atoms with Crippen LogP contribution in [0.15, 0.2) is 0 Å². The molecule has 0 saturated carbocycles. The summed E-state index contributed by atoms with van der Waals surface area (Å²) in [7, 11) is 0. The third-order valence-electron chi connectivity index (χ3n) is 2.67. The number of carbonyl (C=O) groups is 3. The highest BCUT2D eigenvalue weighted by Crippen LogP contribution is 2.28. The number of carbonyl (C=O) groups excluding carboxylic acids is 3. The summed E-state index contributed by atoms with van der Waals surface area (Å²) in [6.45, 7) is 3.40. The molecule has 120 valence electrons. The van der Waals surface area contributed by atoms with Crippen LogP contribution in [-0.2, 0) is 33.3 Å². The van der Waals surface area contributed by atoms with E-state index in [1.807, 2.05) is 0 Å². The largest absolute Gasteiger partial charge is 0.456 e. The van der Waals surface area contributed by atoms with E-state index in [0.717, 1.165) is 20.8 Å². The van der Waals surface area contributed by atoms with Crippen molar-refractivity contribution in [3.05, 3.63) is 0 Å². The molecule has 1 fully saturated rings. The summed E-state index contributed by atoms with van der Waals surface area (Å²) in [6, 6.07) is 0. The summed E-state index contributed by atoms with van der Waals surface area (Å²) in [4.78, 5) is 33.5. The number of ether oxygens (including phenoxy) is 4. The Balaban J connectivity index is 3.08. The van der Waals surface area contributed by atoms with Gasteiger partial charge in [-0.2, -0.15) is 0 Å². The third-order valence-corrected chi connectivity index (χ3v) is 2.97. The van der Waals surface area contributed by atoms with Crippen LogP contribution in [0.3, 0.4) is 0 Å². The summed E-state index contributed by atoms with van der Waals surface area (Å²) in [5, 5.41) is 9.86. The third kappa shape index (κ3) is 4.83. The topological polar surface area (TPSA) is 108 Å². The summed E-state index contributed by atoms with van der Waals surface area (Å²) in [5.41, 5.74) is 0. The molecule has 0 aromatic heterocycles. The minimum atomic E-state index is -1.56. The lowest BCUT2D eigenvalue weighted by Crippen LogP contribution is -2.61. The molecule has 0 spiro atoms. The number of esters is 3. The van der Waals surface area contributed by atoms with Crippen molar-refractivity contribution in [1.29, 1.82) is 0 Å². The first-order chi connectivity index (χ1) is 9.76. The van der Waals surface area contributed by atoms with E-state index in [1.54, 1.807) is 0 Å². The van der Waals surface area contributed by atoms with Crippen molar-refractivity contribution in [1.82, 2.24) is 0 Å². The predicted octanol–water partition coefficient (Wildman–Crippen LogP) is -0.263. The van der Waals surface area contributed by atoms with E-state index >= 15 is 0 Å². The molecule has 21 heavy (non-hydrogen) atoms. The van der Waals surface area contributed by atoms with E-state index in [1.165, 1.54) is 0 Å². The summed E-state index contributed by atoms with van der Waals surface area (Å²) < 4.78 is 20.1. The minimum Gasteiger partial charge on any atom is -0.456 e. The van der Waals surface area contributed by atoms with Crippen LogP contribution in [0.4, 0.5) is 0 Å². The van der Waals surface area contributed by atoms with Gasteiger partial charge in [0.15, 0.2) is 24.6 Å². The molecule has 8 nitrogen and oxygen atoms in total. The van der Waals surface area contributed by atoms with Crippen LogP contribution in [0.1, 0.15) is 20.8 Å². The molecule has 5 atom stereocenters. The van der Waals surface area contributed by atoms with Crippen molar-refractivity contribution in [2.24, 2.45) is 0 Å². The Morgan fingerprint density at radius 3 is 1.81 bits per heavy atom. The molecule has 0 aliphatic carbocycles. The van der Waals surface area contributed by atoms with Gasteiger partial charge in [-0.3, -0.25) is 14.4 Å². The molecule has 9 heteroatoms. The van der Waals surface area contributed by atoms with Gasteiger partial charge in [0.2, 0.25) is 0 Å². The number of aliphatic hydroxyl groups is 1. The van der Waals surface area contributed by atoms with Gasteiger partial charge in [0, 0.05) is 20.8 Å². The Hall–Kier alpha value is -1.38. The van der Waals surface area contributed by atoms with Crippen molar-refractivity contribution in [2.75, 3.05) is 5.88 Å². The summed E-state index contributed by atoms with van der Waals surface area (Å²) in [5.74, 6) is -2.20. The number of alkyl halides is 1. The van der Waals surface area contributed by atoms with Gasteiger partial charge in [-0.1, -0.05) is 0 Å². The first kappa shape index (κ1) is 17.7. The molecule has 1 saturated heterocycles. The molecule has 0 radical (unpaired) electrons. The number of halogens is 1. The summed E-state index contributed by atoms with van der Waals surface area (Å²) in [6.07, 6.45) is -6.12. The van der Waals surface area contributed by atoms with E-state index in [4.69, 9.17) is 30.5 Å². The van der Waals surface area contributed by atoms with Gasteiger partial charge in [-0.25, -0.2) is 0 Å². The molecule has 0 aromatic rings. The lowest BCUT2D eigenvalue weighted by atomic mass is 9.99. The van der Waals surface area contributed by atoms with Crippen molar-refractivity contribution in [3.63, 3.8) is 0 Å². The fraction of sp³-hybridized carbons (Fsp3) is 0.750. The highest BCUT2D eigenvalue weighted by molar-refractivity contribution is 6.18. The second kappa shape index (κ2) is 7.58. The Bertz CT molecular complexity index is 412. The minimum absolute atomic E-state index is 0.125. The Kier molecular flexibility index (Phi) is 6.38. The maximum atomic E-state index is 11.2. The van der Waals surface area contributed by atoms with Gasteiger partial charge in [0.05, 0.1) is 5.88 Å². The molecule has 1 N–H and O–H groups in total. The maximum absolute atomic E-state index is 11.2. The smallest absolute Gasteiger partial charge is 0.303 e. The molecule has 0 aromatic carbocycles. The monoisotopic (exact) mass is 324 g/mol. The van der Waals surface area contributed by atoms with Crippen molar-refractivity contribution < 1.29 is 38.4 Å².